The van der Waals surface area contributed by atoms with E-state index in [1.807, 2.05) is 6.92 Å². The van der Waals surface area contributed by atoms with Crippen LogP contribution in [0.2, 0.25) is 30.7 Å². The van der Waals surface area contributed by atoms with E-state index in [4.69, 9.17) is 21.3 Å². The molecule has 1 N–H and O–H groups in total. The summed E-state index contributed by atoms with van der Waals surface area (Å²) in [5.41, 5.74) is 2.57. The van der Waals surface area contributed by atoms with E-state index in [2.05, 4.69) is 35.0 Å². The van der Waals surface area contributed by atoms with Gasteiger partial charge in [0.15, 0.2) is 5.65 Å². The van der Waals surface area contributed by atoms with Crippen molar-refractivity contribution < 1.29 is 13.9 Å². The van der Waals surface area contributed by atoms with Gasteiger partial charge >= 0.3 is 0 Å². The lowest BCUT2D eigenvalue weighted by Gasteiger charge is -2.15. The van der Waals surface area contributed by atoms with Crippen molar-refractivity contribution in [3.05, 3.63) is 40.9 Å². The van der Waals surface area contributed by atoms with Gasteiger partial charge in [-0.05, 0) is 24.6 Å². The van der Waals surface area contributed by atoms with E-state index in [0.717, 1.165) is 12.5 Å². The summed E-state index contributed by atoms with van der Waals surface area (Å²) in [6.07, 6.45) is 4.07. The summed E-state index contributed by atoms with van der Waals surface area (Å²) in [6.45, 7) is 10.3. The molecule has 1 aromatic carbocycles. The van der Waals surface area contributed by atoms with Crippen LogP contribution in [0, 0.1) is 5.82 Å². The molecule has 0 aliphatic carbocycles. The monoisotopic (exact) mass is 516 g/mol. The van der Waals surface area contributed by atoms with Crippen LogP contribution in [-0.4, -0.2) is 51.4 Å². The molecule has 4 aromatic rings. The van der Waals surface area contributed by atoms with Crippen LogP contribution in [-0.2, 0) is 18.5 Å². The van der Waals surface area contributed by atoms with E-state index >= 15 is 0 Å². The molecule has 0 aliphatic heterocycles. The van der Waals surface area contributed by atoms with Crippen LogP contribution in [0.3, 0.4) is 0 Å². The third-order valence-corrected chi connectivity index (χ3v) is 7.61. The van der Waals surface area contributed by atoms with Crippen LogP contribution < -0.4 is 5.32 Å². The highest BCUT2D eigenvalue weighted by Crippen LogP contribution is 2.32. The molecule has 3 heterocycles. The summed E-state index contributed by atoms with van der Waals surface area (Å²) in [4.78, 5) is 22.2. The number of nitrogens with zero attached hydrogens (tertiary/aromatic N) is 5. The summed E-state index contributed by atoms with van der Waals surface area (Å²) in [5, 5.41) is 7.96. The van der Waals surface area contributed by atoms with Gasteiger partial charge in [0.1, 0.15) is 29.5 Å². The maximum absolute atomic E-state index is 14.9. The van der Waals surface area contributed by atoms with Gasteiger partial charge in [-0.3, -0.25) is 9.48 Å². The van der Waals surface area contributed by atoms with Crippen molar-refractivity contribution in [1.82, 2.24) is 29.6 Å². The molecular weight excluding hydrogens is 487 g/mol. The second-order valence-corrected chi connectivity index (χ2v) is 15.9. The lowest BCUT2D eigenvalue weighted by molar-refractivity contribution is 0.0892. The molecule has 0 atom stereocenters. The SMILES string of the molecule is CCCNC(=O)c1cn(COCC[Si](C)(C)C)c2ncc(-c3nn(C)c4cc(Cl)cc(F)c34)nc12. The van der Waals surface area contributed by atoms with Crippen molar-refractivity contribution in [1.29, 1.82) is 0 Å². The molecule has 0 unspecified atom stereocenters. The molecule has 186 valence electrons. The number of halogens is 2. The third kappa shape index (κ3) is 5.39. The second-order valence-electron chi connectivity index (χ2n) is 9.80. The first kappa shape index (κ1) is 25.3. The van der Waals surface area contributed by atoms with Crippen molar-refractivity contribution in [3.8, 4) is 11.4 Å². The fourth-order valence-electron chi connectivity index (χ4n) is 3.79. The number of carbonyl (C=O) groups excluding carboxylic acids is 1. The van der Waals surface area contributed by atoms with E-state index in [1.165, 1.54) is 6.07 Å². The van der Waals surface area contributed by atoms with Crippen molar-refractivity contribution in [2.45, 2.75) is 45.8 Å². The molecule has 1 amide bonds. The average molecular weight is 517 g/mol. The predicted molar refractivity (Wildman–Crippen MR) is 139 cm³/mol. The lowest BCUT2D eigenvalue weighted by atomic mass is 10.1. The zero-order chi connectivity index (χ0) is 25.3. The number of nitrogens with one attached hydrogen (secondary N) is 1. The molecule has 35 heavy (non-hydrogen) atoms. The number of fused-ring (bicyclic) bond motifs is 2. The molecule has 8 nitrogen and oxygen atoms in total. The van der Waals surface area contributed by atoms with Gasteiger partial charge in [0.25, 0.3) is 5.91 Å². The Morgan fingerprint density at radius 2 is 2.06 bits per heavy atom. The minimum atomic E-state index is -1.22. The molecule has 0 spiro atoms. The molecule has 0 saturated heterocycles. The molecular formula is C24H30ClFN6O2Si. The van der Waals surface area contributed by atoms with Crippen LogP contribution in [0.15, 0.2) is 24.5 Å². The van der Waals surface area contributed by atoms with E-state index in [9.17, 15) is 9.18 Å². The molecule has 0 aliphatic rings. The Morgan fingerprint density at radius 3 is 2.77 bits per heavy atom. The fourth-order valence-corrected chi connectivity index (χ4v) is 4.74. The number of amides is 1. The number of aryl methyl sites for hydroxylation is 1. The number of rotatable bonds is 9. The van der Waals surface area contributed by atoms with Crippen LogP contribution in [0.4, 0.5) is 4.39 Å². The largest absolute Gasteiger partial charge is 0.361 e. The molecule has 11 heteroatoms. The van der Waals surface area contributed by atoms with Crippen LogP contribution in [0.25, 0.3) is 33.5 Å². The highest BCUT2D eigenvalue weighted by atomic mass is 35.5. The Morgan fingerprint density at radius 1 is 1.29 bits per heavy atom. The number of hydrogen-bond donors (Lipinski definition) is 1. The van der Waals surface area contributed by atoms with Gasteiger partial charge in [-0.25, -0.2) is 14.4 Å². The van der Waals surface area contributed by atoms with Gasteiger partial charge in [0.2, 0.25) is 0 Å². The maximum atomic E-state index is 14.9. The first-order chi connectivity index (χ1) is 16.6. The van der Waals surface area contributed by atoms with Crippen LogP contribution >= 0.6 is 11.6 Å². The average Bonchev–Trinajstić information content (AvgIpc) is 3.32. The topological polar surface area (TPSA) is 86.9 Å². The smallest absolute Gasteiger partial charge is 0.255 e. The first-order valence-corrected chi connectivity index (χ1v) is 15.7. The van der Waals surface area contributed by atoms with Crippen molar-refractivity contribution in [2.75, 3.05) is 13.2 Å². The maximum Gasteiger partial charge on any atom is 0.255 e. The Bertz CT molecular complexity index is 1390. The van der Waals surface area contributed by atoms with E-state index in [0.29, 0.717) is 52.2 Å². The Kier molecular flexibility index (Phi) is 7.25. The van der Waals surface area contributed by atoms with E-state index in [1.54, 1.807) is 34.8 Å². The zero-order valence-corrected chi connectivity index (χ0v) is 22.4. The van der Waals surface area contributed by atoms with Gasteiger partial charge in [0.05, 0.1) is 22.7 Å². The summed E-state index contributed by atoms with van der Waals surface area (Å²) in [7, 11) is 0.489. The minimum Gasteiger partial charge on any atom is -0.361 e. The predicted octanol–water partition coefficient (Wildman–Crippen LogP) is 5.23. The second kappa shape index (κ2) is 10.0. The van der Waals surface area contributed by atoms with Gasteiger partial charge in [-0.2, -0.15) is 5.10 Å². The first-order valence-electron chi connectivity index (χ1n) is 11.6. The highest BCUT2D eigenvalue weighted by Gasteiger charge is 2.22. The van der Waals surface area contributed by atoms with Gasteiger partial charge in [0, 0.05) is 39.5 Å². The number of carbonyl (C=O) groups is 1. The van der Waals surface area contributed by atoms with E-state index in [-0.39, 0.29) is 17.7 Å². The van der Waals surface area contributed by atoms with Crippen molar-refractivity contribution in [2.24, 2.45) is 7.05 Å². The molecule has 0 radical (unpaired) electrons. The summed E-state index contributed by atoms with van der Waals surface area (Å²) >= 11 is 6.04. The Hall–Kier alpha value is -2.82. The standard InChI is InChI=1S/C24H30ClFN6O2Si/c1-6-7-27-24(33)16-13-32(14-34-8-9-35(3,4)5)23-21(16)29-18(12-28-23)22-20-17(26)10-15(25)11-19(20)31(2)30-22/h10-13H,6-9,14H2,1-5H3,(H,27,33). The quantitative estimate of drug-likeness (QED) is 0.243. The van der Waals surface area contributed by atoms with Crippen molar-refractivity contribution in [3.63, 3.8) is 0 Å². The normalized spacial score (nSPS) is 12.1. The third-order valence-electron chi connectivity index (χ3n) is 5.68. The summed E-state index contributed by atoms with van der Waals surface area (Å²) in [5.74, 6) is -0.736. The van der Waals surface area contributed by atoms with Gasteiger partial charge in [-0.15, -0.1) is 0 Å². The number of aromatic nitrogens is 5. The Balaban J connectivity index is 1.77. The lowest BCUT2D eigenvalue weighted by Crippen LogP contribution is -2.24. The summed E-state index contributed by atoms with van der Waals surface area (Å²) in [6, 6.07) is 3.94. The zero-order valence-electron chi connectivity index (χ0n) is 20.7. The highest BCUT2D eigenvalue weighted by molar-refractivity contribution is 6.76. The number of hydrogen-bond acceptors (Lipinski definition) is 5. The molecule has 0 fully saturated rings. The molecule has 0 saturated carbocycles. The van der Waals surface area contributed by atoms with Gasteiger partial charge < -0.3 is 14.6 Å². The molecule has 0 bridgehead atoms. The molecule has 4 rings (SSSR count). The molecule has 3 aromatic heterocycles. The van der Waals surface area contributed by atoms with Crippen LogP contribution in [0.5, 0.6) is 0 Å². The van der Waals surface area contributed by atoms with Gasteiger partial charge in [-0.1, -0.05) is 38.2 Å². The minimum absolute atomic E-state index is 0.243. The van der Waals surface area contributed by atoms with Crippen molar-refractivity contribution >= 4 is 47.6 Å². The Labute approximate surface area is 209 Å². The number of ether oxygens (including phenoxy) is 1. The van der Waals surface area contributed by atoms with Crippen LogP contribution in [0.1, 0.15) is 23.7 Å². The number of benzene rings is 1. The summed E-state index contributed by atoms with van der Waals surface area (Å²) < 4.78 is 24.1. The van der Waals surface area contributed by atoms with E-state index < -0.39 is 13.9 Å². The fraction of sp³-hybridized carbons (Fsp3) is 0.417.